The number of halogens is 1. The monoisotopic (exact) mass is 446 g/mol. The van der Waals surface area contributed by atoms with Gasteiger partial charge in [0, 0.05) is 26.1 Å². The zero-order chi connectivity index (χ0) is 15.4. The highest BCUT2D eigenvalue weighted by atomic mass is 127. The standard InChI is InChI=1S/C15H22N6S.HI/c1-11(12-5-6-22-9-12)7-17-15(16-2)20-13-3-4-14-18-10-19-21(14)8-13;/h5-6,9-11,13H,3-4,7-8H2,1-2H3,(H2,16,17,20);1H. The molecule has 0 saturated heterocycles. The van der Waals surface area contributed by atoms with E-state index in [0.29, 0.717) is 12.0 Å². The Bertz CT molecular complexity index is 624. The van der Waals surface area contributed by atoms with Crippen LogP contribution in [0, 0.1) is 0 Å². The van der Waals surface area contributed by atoms with Crippen LogP contribution in [0.3, 0.4) is 0 Å². The molecule has 8 heteroatoms. The third kappa shape index (κ3) is 4.66. The molecule has 0 amide bonds. The molecule has 1 aliphatic heterocycles. The van der Waals surface area contributed by atoms with E-state index in [2.05, 4.69) is 49.5 Å². The SMILES string of the molecule is CN=C(NCC(C)c1ccsc1)NC1CCc2ncnn2C1.I. The summed E-state index contributed by atoms with van der Waals surface area (Å²) < 4.78 is 1.97. The molecule has 6 nitrogen and oxygen atoms in total. The number of fused-ring (bicyclic) bond motifs is 1. The van der Waals surface area contributed by atoms with Crippen molar-refractivity contribution < 1.29 is 0 Å². The number of rotatable bonds is 4. The molecule has 2 N–H and O–H groups in total. The first kappa shape index (κ1) is 18.2. The number of aryl methyl sites for hydroxylation is 1. The van der Waals surface area contributed by atoms with Crippen molar-refractivity contribution in [1.29, 1.82) is 0 Å². The number of nitrogens with zero attached hydrogens (tertiary/aromatic N) is 4. The third-order valence-corrected chi connectivity index (χ3v) is 4.76. The van der Waals surface area contributed by atoms with Gasteiger partial charge in [0.2, 0.25) is 0 Å². The lowest BCUT2D eigenvalue weighted by Gasteiger charge is -2.26. The Hall–Kier alpha value is -1.16. The van der Waals surface area contributed by atoms with Crippen LogP contribution in [0.1, 0.15) is 30.7 Å². The van der Waals surface area contributed by atoms with E-state index < -0.39 is 0 Å². The van der Waals surface area contributed by atoms with Gasteiger partial charge in [-0.3, -0.25) is 4.99 Å². The Balaban J connectivity index is 0.00000192. The average molecular weight is 446 g/mol. The van der Waals surface area contributed by atoms with E-state index >= 15 is 0 Å². The molecule has 0 saturated carbocycles. The first-order chi connectivity index (χ1) is 10.8. The minimum atomic E-state index is 0. The summed E-state index contributed by atoms with van der Waals surface area (Å²) in [6, 6.07) is 2.53. The summed E-state index contributed by atoms with van der Waals surface area (Å²) >= 11 is 1.74. The normalized spacial score (nSPS) is 18.7. The van der Waals surface area contributed by atoms with Crippen LogP contribution in [0.2, 0.25) is 0 Å². The number of nitrogens with one attached hydrogen (secondary N) is 2. The molecule has 3 heterocycles. The fourth-order valence-electron chi connectivity index (χ4n) is 2.67. The molecule has 0 aliphatic carbocycles. The number of thiophene rings is 1. The summed E-state index contributed by atoms with van der Waals surface area (Å²) in [5.74, 6) is 2.40. The van der Waals surface area contributed by atoms with Crippen molar-refractivity contribution in [2.24, 2.45) is 4.99 Å². The molecule has 2 aromatic heterocycles. The van der Waals surface area contributed by atoms with Crippen molar-refractivity contribution in [3.63, 3.8) is 0 Å². The molecule has 1 aliphatic rings. The summed E-state index contributed by atoms with van der Waals surface area (Å²) in [6.45, 7) is 3.94. The molecule has 0 aromatic carbocycles. The van der Waals surface area contributed by atoms with Crippen molar-refractivity contribution in [3.8, 4) is 0 Å². The number of aliphatic imine (C=N–C) groups is 1. The quantitative estimate of drug-likeness (QED) is 0.430. The molecule has 2 atom stereocenters. The van der Waals surface area contributed by atoms with E-state index in [4.69, 9.17) is 0 Å². The summed E-state index contributed by atoms with van der Waals surface area (Å²) in [7, 11) is 1.81. The van der Waals surface area contributed by atoms with Crippen molar-refractivity contribution in [3.05, 3.63) is 34.5 Å². The fraction of sp³-hybridized carbons (Fsp3) is 0.533. The second-order valence-electron chi connectivity index (χ2n) is 5.65. The minimum absolute atomic E-state index is 0. The van der Waals surface area contributed by atoms with E-state index in [0.717, 1.165) is 37.7 Å². The van der Waals surface area contributed by atoms with Crippen LogP contribution in [-0.2, 0) is 13.0 Å². The molecule has 0 bridgehead atoms. The van der Waals surface area contributed by atoms with Crippen molar-refractivity contribution in [2.75, 3.05) is 13.6 Å². The van der Waals surface area contributed by atoms with Gasteiger partial charge in [0.15, 0.2) is 5.96 Å². The highest BCUT2D eigenvalue weighted by Gasteiger charge is 2.20. The predicted molar refractivity (Wildman–Crippen MR) is 105 cm³/mol. The summed E-state index contributed by atoms with van der Waals surface area (Å²) in [4.78, 5) is 8.59. The number of guanidine groups is 1. The largest absolute Gasteiger partial charge is 0.356 e. The smallest absolute Gasteiger partial charge is 0.191 e. The number of hydrogen-bond acceptors (Lipinski definition) is 4. The van der Waals surface area contributed by atoms with Gasteiger partial charge in [-0.05, 0) is 34.7 Å². The lowest BCUT2D eigenvalue weighted by molar-refractivity contribution is 0.392. The summed E-state index contributed by atoms with van der Waals surface area (Å²) in [5, 5.41) is 15.5. The fourth-order valence-corrected chi connectivity index (χ4v) is 3.45. The zero-order valence-corrected chi connectivity index (χ0v) is 16.5. The molecule has 0 spiro atoms. The highest BCUT2D eigenvalue weighted by molar-refractivity contribution is 14.0. The maximum absolute atomic E-state index is 4.33. The maximum Gasteiger partial charge on any atom is 0.191 e. The Labute approximate surface area is 157 Å². The highest BCUT2D eigenvalue weighted by Crippen LogP contribution is 2.17. The van der Waals surface area contributed by atoms with Crippen molar-refractivity contribution in [2.45, 2.75) is 38.3 Å². The van der Waals surface area contributed by atoms with Crippen molar-refractivity contribution >= 4 is 41.3 Å². The first-order valence-electron chi connectivity index (χ1n) is 7.62. The molecular weight excluding hydrogens is 423 g/mol. The van der Waals surface area contributed by atoms with E-state index in [9.17, 15) is 0 Å². The molecule has 23 heavy (non-hydrogen) atoms. The van der Waals surface area contributed by atoms with Crippen LogP contribution in [0.4, 0.5) is 0 Å². The van der Waals surface area contributed by atoms with Crippen molar-refractivity contribution in [1.82, 2.24) is 25.4 Å². The second kappa shape index (κ2) is 8.62. The first-order valence-corrected chi connectivity index (χ1v) is 8.56. The van der Waals surface area contributed by atoms with Gasteiger partial charge in [0.1, 0.15) is 12.2 Å². The minimum Gasteiger partial charge on any atom is -0.356 e. The van der Waals surface area contributed by atoms with Crippen LogP contribution >= 0.6 is 35.3 Å². The average Bonchev–Trinajstić information content (AvgIpc) is 3.21. The Morgan fingerprint density at radius 1 is 1.57 bits per heavy atom. The summed E-state index contributed by atoms with van der Waals surface area (Å²) in [5.41, 5.74) is 1.37. The van der Waals surface area contributed by atoms with Gasteiger partial charge in [-0.15, -0.1) is 24.0 Å². The van der Waals surface area contributed by atoms with E-state index in [1.54, 1.807) is 17.7 Å². The zero-order valence-electron chi connectivity index (χ0n) is 13.4. The van der Waals surface area contributed by atoms with Crippen LogP contribution in [0.5, 0.6) is 0 Å². The summed E-state index contributed by atoms with van der Waals surface area (Å²) in [6.07, 6.45) is 3.65. The molecule has 3 rings (SSSR count). The molecule has 0 radical (unpaired) electrons. The van der Waals surface area contributed by atoms with Gasteiger partial charge in [-0.2, -0.15) is 16.4 Å². The molecular formula is C15H23IN6S. The molecule has 0 fully saturated rings. The second-order valence-corrected chi connectivity index (χ2v) is 6.43. The Morgan fingerprint density at radius 3 is 3.17 bits per heavy atom. The Kier molecular flexibility index (Phi) is 6.82. The third-order valence-electron chi connectivity index (χ3n) is 4.06. The lowest BCUT2D eigenvalue weighted by atomic mass is 10.1. The number of aromatic nitrogens is 3. The van der Waals surface area contributed by atoms with Crippen LogP contribution in [0.25, 0.3) is 0 Å². The van der Waals surface area contributed by atoms with Gasteiger partial charge in [-0.1, -0.05) is 6.92 Å². The van der Waals surface area contributed by atoms with Crippen LogP contribution < -0.4 is 10.6 Å². The molecule has 126 valence electrons. The Morgan fingerprint density at radius 2 is 2.43 bits per heavy atom. The predicted octanol–water partition coefficient (Wildman–Crippen LogP) is 2.24. The van der Waals surface area contributed by atoms with Gasteiger partial charge in [0.25, 0.3) is 0 Å². The van der Waals surface area contributed by atoms with Gasteiger partial charge in [-0.25, -0.2) is 9.67 Å². The molecule has 2 aromatic rings. The van der Waals surface area contributed by atoms with Gasteiger partial charge in [0.05, 0.1) is 6.54 Å². The van der Waals surface area contributed by atoms with E-state index in [1.807, 2.05) is 11.7 Å². The van der Waals surface area contributed by atoms with Crippen LogP contribution in [-0.4, -0.2) is 40.4 Å². The lowest BCUT2D eigenvalue weighted by Crippen LogP contribution is -2.47. The van der Waals surface area contributed by atoms with E-state index in [1.165, 1.54) is 5.56 Å². The van der Waals surface area contributed by atoms with Crippen LogP contribution in [0.15, 0.2) is 28.1 Å². The van der Waals surface area contributed by atoms with Gasteiger partial charge < -0.3 is 10.6 Å². The number of hydrogen-bond donors (Lipinski definition) is 2. The molecule has 2 unspecified atom stereocenters. The van der Waals surface area contributed by atoms with Gasteiger partial charge >= 0.3 is 0 Å². The maximum atomic E-state index is 4.33. The topological polar surface area (TPSA) is 67.1 Å². The van der Waals surface area contributed by atoms with E-state index in [-0.39, 0.29) is 24.0 Å².